The molecule has 0 aliphatic rings. The van der Waals surface area contributed by atoms with E-state index in [1.807, 2.05) is 37.3 Å². The van der Waals surface area contributed by atoms with Gasteiger partial charge in [0.25, 0.3) is 0 Å². The molecule has 2 aromatic rings. The normalized spacial score (nSPS) is 10.1. The molecule has 3 nitrogen and oxygen atoms in total. The second kappa shape index (κ2) is 4.20. The summed E-state index contributed by atoms with van der Waals surface area (Å²) in [7, 11) is 0. The van der Waals surface area contributed by atoms with Gasteiger partial charge in [-0.2, -0.15) is 5.26 Å². The molecule has 0 aliphatic carbocycles. The molecule has 1 aromatic heterocycles. The minimum Gasteiger partial charge on any atom is -0.249 e. The van der Waals surface area contributed by atoms with Crippen molar-refractivity contribution in [3.63, 3.8) is 0 Å². The van der Waals surface area contributed by atoms with Crippen LogP contribution in [0.2, 0.25) is 5.15 Å². The molecule has 0 atom stereocenters. The molecule has 16 heavy (non-hydrogen) atoms. The van der Waals surface area contributed by atoms with E-state index in [9.17, 15) is 0 Å². The molecule has 0 N–H and O–H groups in total. The molecule has 5 heteroatoms. The predicted molar refractivity (Wildman–Crippen MR) is 66.5 cm³/mol. The Morgan fingerprint density at radius 2 is 2.00 bits per heavy atom. The van der Waals surface area contributed by atoms with E-state index in [0.29, 0.717) is 10.8 Å². The van der Waals surface area contributed by atoms with E-state index in [2.05, 4.69) is 17.8 Å². The molecule has 0 unspecified atom stereocenters. The Kier molecular flexibility index (Phi) is 2.90. The van der Waals surface area contributed by atoms with Crippen molar-refractivity contribution in [1.29, 1.82) is 5.26 Å². The zero-order valence-corrected chi connectivity index (χ0v) is 10.1. The third kappa shape index (κ3) is 1.80. The quantitative estimate of drug-likeness (QED) is 0.790. The molecule has 1 heterocycles. The highest BCUT2D eigenvalue weighted by molar-refractivity contribution is 7.78. The van der Waals surface area contributed by atoms with Crippen LogP contribution in [0.1, 0.15) is 11.4 Å². The first-order valence-electron chi connectivity index (χ1n) is 4.58. The SMILES string of the molecule is Cc1ccc(-c2nc(C#N)n(S)c2Cl)cc1. The number of benzene rings is 1. The molecule has 80 valence electrons. The molecule has 1 aromatic carbocycles. The lowest BCUT2D eigenvalue weighted by Crippen LogP contribution is -1.84. The fourth-order valence-electron chi connectivity index (χ4n) is 1.36. The third-order valence-corrected chi connectivity index (χ3v) is 3.08. The highest BCUT2D eigenvalue weighted by Crippen LogP contribution is 2.28. The Bertz CT molecular complexity index is 566. The number of aryl methyl sites for hydroxylation is 1. The van der Waals surface area contributed by atoms with Gasteiger partial charge in [-0.3, -0.25) is 0 Å². The van der Waals surface area contributed by atoms with Crippen molar-refractivity contribution in [3.8, 4) is 17.3 Å². The number of imidazole rings is 1. The van der Waals surface area contributed by atoms with E-state index >= 15 is 0 Å². The topological polar surface area (TPSA) is 41.6 Å². The molecule has 0 radical (unpaired) electrons. The van der Waals surface area contributed by atoms with Gasteiger partial charge in [-0.05, 0) is 6.92 Å². The van der Waals surface area contributed by atoms with Gasteiger partial charge in [-0.15, -0.1) is 0 Å². The molecule has 0 fully saturated rings. The van der Waals surface area contributed by atoms with Gasteiger partial charge in [-0.25, -0.2) is 8.96 Å². The summed E-state index contributed by atoms with van der Waals surface area (Å²) in [6, 6.07) is 9.69. The van der Waals surface area contributed by atoms with Crippen LogP contribution in [0.5, 0.6) is 0 Å². The van der Waals surface area contributed by atoms with Crippen LogP contribution in [-0.2, 0) is 0 Å². The van der Waals surface area contributed by atoms with Crippen molar-refractivity contribution >= 4 is 24.4 Å². The van der Waals surface area contributed by atoms with Crippen molar-refractivity contribution in [2.24, 2.45) is 0 Å². The van der Waals surface area contributed by atoms with Gasteiger partial charge in [0, 0.05) is 5.56 Å². The predicted octanol–water partition coefficient (Wildman–Crippen LogP) is 3.08. The Morgan fingerprint density at radius 1 is 1.38 bits per heavy atom. The number of hydrogen-bond acceptors (Lipinski definition) is 3. The van der Waals surface area contributed by atoms with Gasteiger partial charge < -0.3 is 0 Å². The number of thiol groups is 1. The maximum absolute atomic E-state index is 8.81. The van der Waals surface area contributed by atoms with Crippen LogP contribution in [0.3, 0.4) is 0 Å². The summed E-state index contributed by atoms with van der Waals surface area (Å²) in [5.74, 6) is 0.184. The summed E-state index contributed by atoms with van der Waals surface area (Å²) < 4.78 is 1.27. The largest absolute Gasteiger partial charge is 0.249 e. The summed E-state index contributed by atoms with van der Waals surface area (Å²) in [4.78, 5) is 4.12. The van der Waals surface area contributed by atoms with Gasteiger partial charge in [0.1, 0.15) is 16.9 Å². The van der Waals surface area contributed by atoms with Crippen molar-refractivity contribution in [1.82, 2.24) is 8.96 Å². The number of aromatic nitrogens is 2. The number of hydrogen-bond donors (Lipinski definition) is 1. The van der Waals surface area contributed by atoms with Crippen LogP contribution in [0.4, 0.5) is 0 Å². The number of rotatable bonds is 1. The molecule has 0 spiro atoms. The Hall–Kier alpha value is -1.44. The monoisotopic (exact) mass is 249 g/mol. The van der Waals surface area contributed by atoms with Crippen molar-refractivity contribution in [2.75, 3.05) is 0 Å². The fraction of sp³-hybridized carbons (Fsp3) is 0.0909. The lowest BCUT2D eigenvalue weighted by molar-refractivity contribution is 1.17. The summed E-state index contributed by atoms with van der Waals surface area (Å²) in [5, 5.41) is 9.16. The van der Waals surface area contributed by atoms with Crippen LogP contribution in [0, 0.1) is 18.3 Å². The highest BCUT2D eigenvalue weighted by Gasteiger charge is 2.14. The summed E-state index contributed by atoms with van der Waals surface area (Å²) in [6.07, 6.45) is 0. The molecule has 0 bridgehead atoms. The first-order valence-corrected chi connectivity index (χ1v) is 5.36. The van der Waals surface area contributed by atoms with E-state index < -0.39 is 0 Å². The first kappa shape index (κ1) is 11.1. The van der Waals surface area contributed by atoms with Crippen molar-refractivity contribution < 1.29 is 0 Å². The van der Waals surface area contributed by atoms with Gasteiger partial charge in [0.05, 0.1) is 0 Å². The molecule has 0 aliphatic heterocycles. The van der Waals surface area contributed by atoms with Gasteiger partial charge in [-0.1, -0.05) is 54.2 Å². The Balaban J connectivity index is 2.57. The average molecular weight is 250 g/mol. The zero-order valence-electron chi connectivity index (χ0n) is 8.48. The minimum atomic E-state index is 0.184. The number of nitriles is 1. The van der Waals surface area contributed by atoms with Crippen LogP contribution < -0.4 is 0 Å². The standard InChI is InChI=1S/C11H8ClN3S/c1-7-2-4-8(5-3-7)10-11(12)15(16)9(6-13)14-10/h2-5,16H,1H3. The zero-order chi connectivity index (χ0) is 11.7. The summed E-state index contributed by atoms with van der Waals surface area (Å²) in [6.45, 7) is 2.00. The molecule has 0 amide bonds. The van der Waals surface area contributed by atoms with Crippen molar-refractivity contribution in [2.45, 2.75) is 6.92 Å². The van der Waals surface area contributed by atoms with E-state index in [1.54, 1.807) is 0 Å². The second-order valence-corrected chi connectivity index (χ2v) is 4.12. The Morgan fingerprint density at radius 3 is 2.50 bits per heavy atom. The van der Waals surface area contributed by atoms with E-state index in [-0.39, 0.29) is 5.82 Å². The maximum atomic E-state index is 8.81. The van der Waals surface area contributed by atoms with E-state index in [0.717, 1.165) is 11.1 Å². The van der Waals surface area contributed by atoms with Crippen molar-refractivity contribution in [3.05, 3.63) is 40.8 Å². The molecule has 2 rings (SSSR count). The van der Waals surface area contributed by atoms with Crippen LogP contribution in [-0.4, -0.2) is 8.96 Å². The number of halogens is 1. The fourth-order valence-corrected chi connectivity index (χ4v) is 1.78. The minimum absolute atomic E-state index is 0.184. The van der Waals surface area contributed by atoms with Gasteiger partial charge >= 0.3 is 0 Å². The smallest absolute Gasteiger partial charge is 0.224 e. The summed E-state index contributed by atoms with van der Waals surface area (Å²) in [5.41, 5.74) is 2.61. The van der Waals surface area contributed by atoms with E-state index in [4.69, 9.17) is 16.9 Å². The first-order chi connectivity index (χ1) is 7.63. The summed E-state index contributed by atoms with van der Waals surface area (Å²) >= 11 is 10.1. The van der Waals surface area contributed by atoms with Crippen LogP contribution >= 0.6 is 24.4 Å². The van der Waals surface area contributed by atoms with Gasteiger partial charge in [0.15, 0.2) is 0 Å². The average Bonchev–Trinajstić information content (AvgIpc) is 2.57. The highest BCUT2D eigenvalue weighted by atomic mass is 35.5. The molecular weight excluding hydrogens is 242 g/mol. The van der Waals surface area contributed by atoms with Gasteiger partial charge in [0.2, 0.25) is 5.82 Å². The lowest BCUT2D eigenvalue weighted by Gasteiger charge is -1.98. The van der Waals surface area contributed by atoms with E-state index in [1.165, 1.54) is 3.97 Å². The molecule has 0 saturated carbocycles. The molecule has 0 saturated heterocycles. The second-order valence-electron chi connectivity index (χ2n) is 3.36. The third-order valence-electron chi connectivity index (χ3n) is 2.22. The lowest BCUT2D eigenvalue weighted by atomic mass is 10.1. The number of nitrogens with zero attached hydrogens (tertiary/aromatic N) is 3. The Labute approximate surface area is 104 Å². The maximum Gasteiger partial charge on any atom is 0.224 e. The van der Waals surface area contributed by atoms with Crippen LogP contribution in [0.15, 0.2) is 24.3 Å². The van der Waals surface area contributed by atoms with Crippen LogP contribution in [0.25, 0.3) is 11.3 Å². The molecular formula is C11H8ClN3S.